The largest absolute Gasteiger partial charge is 0.454 e. The number of carbonyl (C=O) groups is 3. The lowest BCUT2D eigenvalue weighted by molar-refractivity contribution is -0.155. The van der Waals surface area contributed by atoms with E-state index in [2.05, 4.69) is 5.32 Å². The summed E-state index contributed by atoms with van der Waals surface area (Å²) in [6, 6.07) is 4.56. The Kier molecular flexibility index (Phi) is 4.97. The molecule has 3 rings (SSSR count). The maximum absolute atomic E-state index is 12.3. The van der Waals surface area contributed by atoms with Crippen molar-refractivity contribution in [1.82, 2.24) is 4.90 Å². The second kappa shape index (κ2) is 6.88. The average Bonchev–Trinajstić information content (AvgIpc) is 3.06. The minimum Gasteiger partial charge on any atom is -0.454 e. The molecule has 2 aliphatic rings. The number of esters is 1. The molecular formula is C17H19ClN2O4S. The van der Waals surface area contributed by atoms with Crippen LogP contribution in [0.4, 0.5) is 5.69 Å². The molecule has 2 fully saturated rings. The van der Waals surface area contributed by atoms with E-state index in [1.165, 1.54) is 0 Å². The molecular weight excluding hydrogens is 364 g/mol. The summed E-state index contributed by atoms with van der Waals surface area (Å²) in [5.74, 6) is -0.520. The van der Waals surface area contributed by atoms with E-state index in [0.717, 1.165) is 12.0 Å². The van der Waals surface area contributed by atoms with Crippen molar-refractivity contribution in [2.45, 2.75) is 37.6 Å². The summed E-state index contributed by atoms with van der Waals surface area (Å²) in [6.45, 7) is 3.36. The number of fused-ring (bicyclic) bond motifs is 1. The van der Waals surface area contributed by atoms with Crippen molar-refractivity contribution in [3.63, 3.8) is 0 Å². The van der Waals surface area contributed by atoms with Gasteiger partial charge in [0.1, 0.15) is 6.04 Å². The molecule has 2 atom stereocenters. The van der Waals surface area contributed by atoms with E-state index in [4.69, 9.17) is 16.3 Å². The van der Waals surface area contributed by atoms with Crippen LogP contribution in [0.5, 0.6) is 0 Å². The molecule has 1 aromatic rings. The van der Waals surface area contributed by atoms with Crippen LogP contribution >= 0.6 is 23.4 Å². The SMILES string of the molecule is Cc1c(Cl)cccc1NC(=O)COC(=O)[C@H]1CS[C@@]2(C)CCC(=O)N12. The Morgan fingerprint density at radius 2 is 2.24 bits per heavy atom. The summed E-state index contributed by atoms with van der Waals surface area (Å²) in [7, 11) is 0. The zero-order valence-corrected chi connectivity index (χ0v) is 15.6. The number of anilines is 1. The van der Waals surface area contributed by atoms with Crippen molar-refractivity contribution in [3.05, 3.63) is 28.8 Å². The molecule has 0 bridgehead atoms. The first-order chi connectivity index (χ1) is 11.8. The van der Waals surface area contributed by atoms with Crippen LogP contribution in [-0.2, 0) is 19.1 Å². The highest BCUT2D eigenvalue weighted by atomic mass is 35.5. The number of hydrogen-bond donors (Lipinski definition) is 1. The van der Waals surface area contributed by atoms with E-state index in [1.807, 2.05) is 6.92 Å². The normalized spacial score (nSPS) is 25.0. The first kappa shape index (κ1) is 18.1. The Bertz CT molecular complexity index is 741. The van der Waals surface area contributed by atoms with Crippen LogP contribution in [-0.4, -0.2) is 46.0 Å². The second-order valence-corrected chi connectivity index (χ2v) is 8.24. The van der Waals surface area contributed by atoms with Gasteiger partial charge in [-0.15, -0.1) is 11.8 Å². The maximum Gasteiger partial charge on any atom is 0.330 e. The van der Waals surface area contributed by atoms with E-state index >= 15 is 0 Å². The highest BCUT2D eigenvalue weighted by Gasteiger charge is 2.53. The first-order valence-corrected chi connectivity index (χ1v) is 9.36. The van der Waals surface area contributed by atoms with Gasteiger partial charge in [0.25, 0.3) is 5.91 Å². The highest BCUT2D eigenvalue weighted by Crippen LogP contribution is 2.47. The molecule has 0 aromatic heterocycles. The number of thioether (sulfide) groups is 1. The van der Waals surface area contributed by atoms with Gasteiger partial charge in [0.2, 0.25) is 5.91 Å². The standard InChI is InChI=1S/C17H19ClN2O4S/c1-10-11(18)4-3-5-12(10)19-14(21)8-24-16(23)13-9-25-17(2)7-6-15(22)20(13)17/h3-5,13H,6-9H2,1-2H3,(H,19,21)/t13-,17+/m1/s1. The molecule has 2 aliphatic heterocycles. The predicted molar refractivity (Wildman–Crippen MR) is 96.5 cm³/mol. The number of hydrogen-bond acceptors (Lipinski definition) is 5. The average molecular weight is 383 g/mol. The summed E-state index contributed by atoms with van der Waals surface area (Å²) in [5, 5.41) is 3.22. The van der Waals surface area contributed by atoms with Gasteiger partial charge < -0.3 is 15.0 Å². The minimum atomic E-state index is -0.620. The molecule has 0 aliphatic carbocycles. The lowest BCUT2D eigenvalue weighted by Gasteiger charge is -2.29. The number of rotatable bonds is 4. The summed E-state index contributed by atoms with van der Waals surface area (Å²) >= 11 is 7.60. The van der Waals surface area contributed by atoms with Gasteiger partial charge in [0.15, 0.2) is 6.61 Å². The monoisotopic (exact) mass is 382 g/mol. The molecule has 0 saturated carbocycles. The molecule has 2 saturated heterocycles. The van der Waals surface area contributed by atoms with Crippen LogP contribution in [0.2, 0.25) is 5.02 Å². The first-order valence-electron chi connectivity index (χ1n) is 7.99. The fourth-order valence-corrected chi connectivity index (χ4v) is 4.75. The van der Waals surface area contributed by atoms with Crippen molar-refractivity contribution in [2.75, 3.05) is 17.7 Å². The van der Waals surface area contributed by atoms with Crippen molar-refractivity contribution in [2.24, 2.45) is 0 Å². The van der Waals surface area contributed by atoms with Crippen molar-refractivity contribution >= 4 is 46.8 Å². The van der Waals surface area contributed by atoms with Crippen molar-refractivity contribution in [3.8, 4) is 0 Å². The van der Waals surface area contributed by atoms with Gasteiger partial charge in [-0.1, -0.05) is 17.7 Å². The van der Waals surface area contributed by atoms with Crippen LogP contribution < -0.4 is 5.32 Å². The predicted octanol–water partition coefficient (Wildman–Crippen LogP) is 2.58. The van der Waals surface area contributed by atoms with Gasteiger partial charge >= 0.3 is 5.97 Å². The zero-order chi connectivity index (χ0) is 18.2. The fraction of sp³-hybridized carbons (Fsp3) is 0.471. The van der Waals surface area contributed by atoms with Crippen LogP contribution in [0.1, 0.15) is 25.3 Å². The van der Waals surface area contributed by atoms with Crippen LogP contribution in [0, 0.1) is 6.92 Å². The van der Waals surface area contributed by atoms with E-state index in [0.29, 0.717) is 22.9 Å². The smallest absolute Gasteiger partial charge is 0.330 e. The summed E-state index contributed by atoms with van der Waals surface area (Å²) < 4.78 is 5.14. The Hall–Kier alpha value is -1.73. The topological polar surface area (TPSA) is 75.7 Å². The van der Waals surface area contributed by atoms with Gasteiger partial charge in [-0.05, 0) is 38.0 Å². The summed E-state index contributed by atoms with van der Waals surface area (Å²) in [6.07, 6.45) is 1.18. The van der Waals surface area contributed by atoms with Crippen molar-refractivity contribution < 1.29 is 19.1 Å². The molecule has 6 nitrogen and oxygen atoms in total. The van der Waals surface area contributed by atoms with E-state index in [9.17, 15) is 14.4 Å². The summed E-state index contributed by atoms with van der Waals surface area (Å²) in [4.78, 5) is 37.7. The third kappa shape index (κ3) is 3.48. The molecule has 134 valence electrons. The number of carbonyl (C=O) groups excluding carboxylic acids is 3. The molecule has 2 amide bonds. The van der Waals surface area contributed by atoms with E-state index in [1.54, 1.807) is 41.8 Å². The maximum atomic E-state index is 12.3. The third-order valence-corrected chi connectivity index (χ3v) is 6.52. The minimum absolute atomic E-state index is 0.0338. The lowest BCUT2D eigenvalue weighted by atomic mass is 10.2. The molecule has 1 aromatic carbocycles. The van der Waals surface area contributed by atoms with Gasteiger partial charge in [-0.3, -0.25) is 9.59 Å². The molecule has 25 heavy (non-hydrogen) atoms. The van der Waals surface area contributed by atoms with Gasteiger partial charge in [0, 0.05) is 22.9 Å². The van der Waals surface area contributed by atoms with Crippen LogP contribution in [0.3, 0.4) is 0 Å². The molecule has 2 heterocycles. The van der Waals surface area contributed by atoms with Crippen molar-refractivity contribution in [1.29, 1.82) is 0 Å². The van der Waals surface area contributed by atoms with Gasteiger partial charge in [0.05, 0.1) is 4.87 Å². The number of amides is 2. The van der Waals surface area contributed by atoms with Gasteiger partial charge in [-0.2, -0.15) is 0 Å². The Labute approximate surface area is 155 Å². The molecule has 0 spiro atoms. The second-order valence-electron chi connectivity index (χ2n) is 6.33. The fourth-order valence-electron chi connectivity index (χ4n) is 3.16. The number of halogens is 1. The number of ether oxygens (including phenoxy) is 1. The van der Waals surface area contributed by atoms with E-state index < -0.39 is 24.5 Å². The quantitative estimate of drug-likeness (QED) is 0.810. The van der Waals surface area contributed by atoms with E-state index in [-0.39, 0.29) is 10.8 Å². The molecule has 0 unspecified atom stereocenters. The molecule has 0 radical (unpaired) electrons. The third-order valence-electron chi connectivity index (χ3n) is 4.60. The number of nitrogens with zero attached hydrogens (tertiary/aromatic N) is 1. The Morgan fingerprint density at radius 1 is 1.48 bits per heavy atom. The molecule has 8 heteroatoms. The summed E-state index contributed by atoms with van der Waals surface area (Å²) in [5.41, 5.74) is 1.32. The number of nitrogens with one attached hydrogen (secondary N) is 1. The molecule has 1 N–H and O–H groups in total. The Morgan fingerprint density at radius 3 is 3.00 bits per heavy atom. The zero-order valence-electron chi connectivity index (χ0n) is 14.0. The highest BCUT2D eigenvalue weighted by molar-refractivity contribution is 8.01. The number of benzene rings is 1. The Balaban J connectivity index is 1.56. The van der Waals surface area contributed by atoms with Gasteiger partial charge in [-0.25, -0.2) is 4.79 Å². The lowest BCUT2D eigenvalue weighted by Crippen LogP contribution is -2.47. The van der Waals surface area contributed by atoms with Crippen LogP contribution in [0.25, 0.3) is 0 Å². The van der Waals surface area contributed by atoms with Crippen LogP contribution in [0.15, 0.2) is 18.2 Å².